The number of hydrogen-bond acceptors (Lipinski definition) is 7. The van der Waals surface area contributed by atoms with E-state index in [9.17, 15) is 0 Å². The minimum atomic E-state index is -0.418. The number of aliphatic hydroxyl groups is 1. The molecule has 0 amide bonds. The minimum Gasteiger partial charge on any atom is -0.399 e. The van der Waals surface area contributed by atoms with Crippen LogP contribution in [0.4, 0.5) is 0 Å². The fourth-order valence-corrected chi connectivity index (χ4v) is 4.15. The summed E-state index contributed by atoms with van der Waals surface area (Å²) >= 11 is 1.67. The number of rotatable bonds is 6. The predicted molar refractivity (Wildman–Crippen MR) is 100 cm³/mol. The summed E-state index contributed by atoms with van der Waals surface area (Å²) in [5.41, 5.74) is 0.138. The van der Waals surface area contributed by atoms with Gasteiger partial charge in [0.25, 0.3) is 0 Å². The second-order valence-electron chi connectivity index (χ2n) is 7.75. The maximum absolute atomic E-state index is 9.14. The molecule has 1 N–H and O–H groups in total. The van der Waals surface area contributed by atoms with Crippen molar-refractivity contribution < 1.29 is 14.4 Å². The number of β-amino-alcohol motifs (C(OH)–C–C–N with tert-alkyl or cyclic N) is 1. The number of nitrogens with zero attached hydrogens (tertiary/aromatic N) is 3. The Morgan fingerprint density at radius 1 is 1.24 bits per heavy atom. The van der Waals surface area contributed by atoms with Gasteiger partial charge in [0.1, 0.15) is 0 Å². The first-order chi connectivity index (χ1) is 11.8. The number of aliphatic hydroxyl groups excluding tert-OH is 1. The molecule has 1 aromatic heterocycles. The molecule has 1 atom stereocenters. The number of aromatic nitrogens is 2. The van der Waals surface area contributed by atoms with Crippen LogP contribution in [0.5, 0.6) is 0 Å². The Morgan fingerprint density at radius 3 is 2.48 bits per heavy atom. The molecule has 2 saturated heterocycles. The van der Waals surface area contributed by atoms with E-state index in [4.69, 9.17) is 14.4 Å². The Labute approximate surface area is 154 Å². The van der Waals surface area contributed by atoms with Gasteiger partial charge in [0.05, 0.1) is 17.8 Å². The molecule has 25 heavy (non-hydrogen) atoms. The first-order valence-corrected chi connectivity index (χ1v) is 9.96. The molecule has 138 valence electrons. The van der Waals surface area contributed by atoms with Gasteiger partial charge in [-0.25, -0.2) is 9.97 Å². The third-order valence-corrected chi connectivity index (χ3v) is 6.49. The normalized spacial score (nSPS) is 25.6. The van der Waals surface area contributed by atoms with Crippen molar-refractivity contribution in [2.45, 2.75) is 62.9 Å². The molecule has 1 unspecified atom stereocenters. The Bertz CT molecular complexity index is 569. The molecule has 8 heteroatoms. The standard InChI is InChI=1S/C17H28BN3O3S/c1-16(2)17(3,4)24-18(23-16)13-10-19-15(20-11-13)25-12-14-6-5-7-21(14)8-9-22/h10-11,14,22H,5-9,12H2,1-4H3. The van der Waals surface area contributed by atoms with E-state index in [2.05, 4.69) is 14.9 Å². The van der Waals surface area contributed by atoms with Gasteiger partial charge in [-0.3, -0.25) is 4.90 Å². The van der Waals surface area contributed by atoms with E-state index in [0.717, 1.165) is 29.5 Å². The summed E-state index contributed by atoms with van der Waals surface area (Å²) in [7, 11) is -0.418. The second kappa shape index (κ2) is 7.52. The van der Waals surface area contributed by atoms with E-state index in [1.54, 1.807) is 24.2 Å². The average Bonchev–Trinajstić information content (AvgIpc) is 3.08. The van der Waals surface area contributed by atoms with E-state index >= 15 is 0 Å². The third-order valence-electron chi connectivity index (χ3n) is 5.46. The highest BCUT2D eigenvalue weighted by Crippen LogP contribution is 2.36. The van der Waals surface area contributed by atoms with Crippen LogP contribution in [-0.4, -0.2) is 69.8 Å². The topological polar surface area (TPSA) is 67.7 Å². The van der Waals surface area contributed by atoms with Gasteiger partial charge in [0, 0.05) is 36.2 Å². The van der Waals surface area contributed by atoms with Crippen LogP contribution in [-0.2, 0) is 9.31 Å². The highest BCUT2D eigenvalue weighted by Gasteiger charge is 2.51. The molecule has 2 aliphatic heterocycles. The fraction of sp³-hybridized carbons (Fsp3) is 0.765. The van der Waals surface area contributed by atoms with Gasteiger partial charge in [-0.15, -0.1) is 0 Å². The Hall–Kier alpha value is -0.665. The lowest BCUT2D eigenvalue weighted by molar-refractivity contribution is 0.00578. The molecular formula is C17H28BN3O3S. The monoisotopic (exact) mass is 365 g/mol. The molecule has 6 nitrogen and oxygen atoms in total. The summed E-state index contributed by atoms with van der Waals surface area (Å²) < 4.78 is 12.1. The number of thioether (sulfide) groups is 1. The van der Waals surface area contributed by atoms with E-state index in [0.29, 0.717) is 6.04 Å². The summed E-state index contributed by atoms with van der Waals surface area (Å²) in [4.78, 5) is 11.3. The van der Waals surface area contributed by atoms with Crippen molar-refractivity contribution >= 4 is 24.3 Å². The van der Waals surface area contributed by atoms with Crippen LogP contribution in [0.15, 0.2) is 17.6 Å². The average molecular weight is 365 g/mol. The smallest absolute Gasteiger partial charge is 0.399 e. The lowest BCUT2D eigenvalue weighted by Gasteiger charge is -2.32. The zero-order chi connectivity index (χ0) is 18.1. The molecule has 2 aliphatic rings. The maximum Gasteiger partial charge on any atom is 0.498 e. The zero-order valence-corrected chi connectivity index (χ0v) is 16.4. The molecule has 0 aromatic carbocycles. The van der Waals surface area contributed by atoms with Gasteiger partial charge in [0.2, 0.25) is 0 Å². The minimum absolute atomic E-state index is 0.223. The van der Waals surface area contributed by atoms with Crippen molar-refractivity contribution in [1.29, 1.82) is 0 Å². The van der Waals surface area contributed by atoms with E-state index < -0.39 is 7.12 Å². The van der Waals surface area contributed by atoms with Crippen LogP contribution in [0.3, 0.4) is 0 Å². The maximum atomic E-state index is 9.14. The Kier molecular flexibility index (Phi) is 5.75. The van der Waals surface area contributed by atoms with Crippen LogP contribution in [0.25, 0.3) is 0 Å². The van der Waals surface area contributed by atoms with E-state index in [-0.39, 0.29) is 17.8 Å². The molecule has 0 spiro atoms. The van der Waals surface area contributed by atoms with Crippen molar-refractivity contribution in [3.8, 4) is 0 Å². The van der Waals surface area contributed by atoms with Crippen LogP contribution < -0.4 is 5.46 Å². The summed E-state index contributed by atoms with van der Waals surface area (Å²) in [6, 6.07) is 0.503. The van der Waals surface area contributed by atoms with Crippen molar-refractivity contribution in [3.63, 3.8) is 0 Å². The largest absolute Gasteiger partial charge is 0.498 e. The highest BCUT2D eigenvalue weighted by atomic mass is 32.2. The molecule has 3 heterocycles. The van der Waals surface area contributed by atoms with Gasteiger partial charge >= 0.3 is 7.12 Å². The van der Waals surface area contributed by atoms with Gasteiger partial charge in [-0.2, -0.15) is 0 Å². The van der Waals surface area contributed by atoms with Crippen LogP contribution in [0.1, 0.15) is 40.5 Å². The molecule has 3 rings (SSSR count). The van der Waals surface area contributed by atoms with Gasteiger partial charge < -0.3 is 14.4 Å². The summed E-state index contributed by atoms with van der Waals surface area (Å²) in [5.74, 6) is 0.954. The fourth-order valence-electron chi connectivity index (χ4n) is 3.18. The van der Waals surface area contributed by atoms with Crippen molar-refractivity contribution in [1.82, 2.24) is 14.9 Å². The molecule has 0 radical (unpaired) electrons. The SMILES string of the molecule is CC1(C)OB(c2cnc(SCC3CCCN3CCO)nc2)OC1(C)C. The lowest BCUT2D eigenvalue weighted by Crippen LogP contribution is -2.41. The van der Waals surface area contributed by atoms with Gasteiger partial charge in [0.15, 0.2) is 5.16 Å². The first kappa shape index (κ1) is 19.1. The zero-order valence-electron chi connectivity index (χ0n) is 15.6. The number of hydrogen-bond donors (Lipinski definition) is 1. The highest BCUT2D eigenvalue weighted by molar-refractivity contribution is 7.99. The quantitative estimate of drug-likeness (QED) is 0.463. The van der Waals surface area contributed by atoms with Crippen LogP contribution in [0, 0.1) is 0 Å². The summed E-state index contributed by atoms with van der Waals surface area (Å²) in [6.45, 7) is 10.2. The van der Waals surface area contributed by atoms with Crippen molar-refractivity contribution in [2.24, 2.45) is 0 Å². The lowest BCUT2D eigenvalue weighted by atomic mass is 9.81. The van der Waals surface area contributed by atoms with Crippen molar-refractivity contribution in [3.05, 3.63) is 12.4 Å². The molecule has 2 fully saturated rings. The van der Waals surface area contributed by atoms with Crippen LogP contribution >= 0.6 is 11.8 Å². The molecule has 0 saturated carbocycles. The second-order valence-corrected chi connectivity index (χ2v) is 8.74. The van der Waals surface area contributed by atoms with E-state index in [1.807, 2.05) is 27.7 Å². The van der Waals surface area contributed by atoms with E-state index in [1.165, 1.54) is 12.8 Å². The molecule has 0 bridgehead atoms. The molecule has 1 aromatic rings. The first-order valence-electron chi connectivity index (χ1n) is 8.98. The summed E-state index contributed by atoms with van der Waals surface area (Å²) in [6.07, 6.45) is 5.99. The third kappa shape index (κ3) is 4.19. The molecular weight excluding hydrogens is 337 g/mol. The van der Waals surface area contributed by atoms with Crippen LogP contribution in [0.2, 0.25) is 0 Å². The predicted octanol–water partition coefficient (Wildman–Crippen LogP) is 1.32. The summed E-state index contributed by atoms with van der Waals surface area (Å²) in [5, 5.41) is 9.92. The Morgan fingerprint density at radius 2 is 1.88 bits per heavy atom. The van der Waals surface area contributed by atoms with Crippen molar-refractivity contribution in [2.75, 3.05) is 25.4 Å². The molecule has 0 aliphatic carbocycles. The Balaban J connectivity index is 1.56. The van der Waals surface area contributed by atoms with Gasteiger partial charge in [-0.1, -0.05) is 11.8 Å². The number of likely N-dealkylation sites (tertiary alicyclic amines) is 1. The van der Waals surface area contributed by atoms with Gasteiger partial charge in [-0.05, 0) is 47.1 Å².